The van der Waals surface area contributed by atoms with Crippen molar-refractivity contribution in [2.24, 2.45) is 5.92 Å². The third-order valence-corrected chi connectivity index (χ3v) is 9.66. The number of nitrogens with zero attached hydrogens (tertiary/aromatic N) is 2. The fourth-order valence-corrected chi connectivity index (χ4v) is 7.43. The van der Waals surface area contributed by atoms with E-state index in [-0.39, 0.29) is 24.6 Å². The number of aliphatic hydroxyl groups excluding tert-OH is 1. The summed E-state index contributed by atoms with van der Waals surface area (Å²) in [5.74, 6) is 7.40. The molecule has 2 aromatic carbocycles. The predicted molar refractivity (Wildman–Crippen MR) is 134 cm³/mol. The largest absolute Gasteiger partial charge is 0.395 e. The Balaban J connectivity index is 1.37. The average molecular weight is 479 g/mol. The SMILES string of the molecule is O=S(=O)(c1ccccc1)N1CCCCN2[C@@H](CO)[C@@H](c3ccc(C#CC4CCCC4)cc3)[C@@H]2C1. The van der Waals surface area contributed by atoms with Crippen LogP contribution in [-0.4, -0.2) is 61.1 Å². The van der Waals surface area contributed by atoms with Gasteiger partial charge < -0.3 is 5.11 Å². The van der Waals surface area contributed by atoms with E-state index in [0.29, 0.717) is 23.9 Å². The highest BCUT2D eigenvalue weighted by Gasteiger charge is 2.50. The Hall–Kier alpha value is -2.17. The molecule has 2 aromatic rings. The van der Waals surface area contributed by atoms with Crippen molar-refractivity contribution in [2.75, 3.05) is 26.2 Å². The molecule has 1 aliphatic carbocycles. The molecule has 0 spiro atoms. The maximum Gasteiger partial charge on any atom is 0.243 e. The van der Waals surface area contributed by atoms with E-state index in [1.807, 2.05) is 6.07 Å². The zero-order valence-corrected chi connectivity index (χ0v) is 20.5. The first kappa shape index (κ1) is 23.6. The van der Waals surface area contributed by atoms with Crippen LogP contribution in [0.2, 0.25) is 0 Å². The van der Waals surface area contributed by atoms with E-state index in [9.17, 15) is 13.5 Å². The van der Waals surface area contributed by atoms with Crippen LogP contribution in [-0.2, 0) is 10.0 Å². The topological polar surface area (TPSA) is 60.9 Å². The van der Waals surface area contributed by atoms with Gasteiger partial charge in [-0.25, -0.2) is 8.42 Å². The molecule has 5 rings (SSSR count). The van der Waals surface area contributed by atoms with Crippen LogP contribution in [0.25, 0.3) is 0 Å². The van der Waals surface area contributed by atoms with Gasteiger partial charge in [0.2, 0.25) is 10.0 Å². The summed E-state index contributed by atoms with van der Waals surface area (Å²) in [6.45, 7) is 1.96. The molecule has 3 atom stereocenters. The van der Waals surface area contributed by atoms with Gasteiger partial charge in [-0.3, -0.25) is 4.90 Å². The van der Waals surface area contributed by atoms with Gasteiger partial charge in [0.05, 0.1) is 11.5 Å². The summed E-state index contributed by atoms with van der Waals surface area (Å²) in [5.41, 5.74) is 2.18. The summed E-state index contributed by atoms with van der Waals surface area (Å²) in [4.78, 5) is 2.66. The molecule has 1 N–H and O–H groups in total. The van der Waals surface area contributed by atoms with E-state index in [1.165, 1.54) is 25.7 Å². The highest BCUT2D eigenvalue weighted by molar-refractivity contribution is 7.89. The molecule has 1 saturated carbocycles. The lowest BCUT2D eigenvalue weighted by molar-refractivity contribution is -0.0553. The van der Waals surface area contributed by atoms with E-state index in [1.54, 1.807) is 28.6 Å². The standard InChI is InChI=1S/C28H34N2O3S/c31-21-27-28(24-16-14-23(15-17-24)13-12-22-8-4-5-9-22)26-20-29(18-6-7-19-30(26)27)34(32,33)25-10-2-1-3-11-25/h1-3,10-11,14-17,22,26-28,31H,4-9,18-21H2/t26-,27-,28-/m0/s1. The van der Waals surface area contributed by atoms with E-state index < -0.39 is 10.0 Å². The molecule has 2 heterocycles. The molecule has 0 unspecified atom stereocenters. The van der Waals surface area contributed by atoms with Crippen molar-refractivity contribution in [3.63, 3.8) is 0 Å². The first-order chi connectivity index (χ1) is 16.6. The van der Waals surface area contributed by atoms with Crippen LogP contribution in [0, 0.1) is 17.8 Å². The Labute approximate surface area is 203 Å². The van der Waals surface area contributed by atoms with Gasteiger partial charge in [0, 0.05) is 42.6 Å². The van der Waals surface area contributed by atoms with Crippen molar-refractivity contribution in [1.29, 1.82) is 0 Å². The van der Waals surface area contributed by atoms with E-state index in [2.05, 4.69) is 41.0 Å². The Morgan fingerprint density at radius 2 is 1.62 bits per heavy atom. The molecule has 2 saturated heterocycles. The molecule has 6 heteroatoms. The number of rotatable bonds is 4. The Morgan fingerprint density at radius 1 is 0.912 bits per heavy atom. The second kappa shape index (κ2) is 10.2. The van der Waals surface area contributed by atoms with Gasteiger partial charge in [0.25, 0.3) is 0 Å². The average Bonchev–Trinajstić information content (AvgIpc) is 3.37. The van der Waals surface area contributed by atoms with Crippen LogP contribution in [0.15, 0.2) is 59.5 Å². The van der Waals surface area contributed by atoms with Gasteiger partial charge in [-0.1, -0.05) is 55.0 Å². The number of hydrogen-bond donors (Lipinski definition) is 1. The Morgan fingerprint density at radius 3 is 2.32 bits per heavy atom. The molecule has 5 nitrogen and oxygen atoms in total. The normalized spacial score (nSPS) is 26.6. The zero-order chi connectivity index (χ0) is 23.5. The number of fused-ring (bicyclic) bond motifs is 1. The van der Waals surface area contributed by atoms with Crippen molar-refractivity contribution >= 4 is 10.0 Å². The maximum absolute atomic E-state index is 13.4. The minimum atomic E-state index is -3.55. The van der Waals surface area contributed by atoms with Crippen molar-refractivity contribution in [3.8, 4) is 11.8 Å². The quantitative estimate of drug-likeness (QED) is 0.679. The summed E-state index contributed by atoms with van der Waals surface area (Å²) in [7, 11) is -3.55. The fourth-order valence-electron chi connectivity index (χ4n) is 5.91. The first-order valence-electron chi connectivity index (χ1n) is 12.6. The van der Waals surface area contributed by atoms with Gasteiger partial charge in [-0.05, 0) is 62.1 Å². The number of benzene rings is 2. The van der Waals surface area contributed by atoms with Gasteiger partial charge in [-0.15, -0.1) is 0 Å². The van der Waals surface area contributed by atoms with E-state index in [0.717, 1.165) is 30.5 Å². The molecule has 0 bridgehead atoms. The van der Waals surface area contributed by atoms with Crippen molar-refractivity contribution in [2.45, 2.75) is 61.4 Å². The minimum Gasteiger partial charge on any atom is -0.395 e. The highest BCUT2D eigenvalue weighted by atomic mass is 32.2. The second-order valence-electron chi connectivity index (χ2n) is 9.84. The van der Waals surface area contributed by atoms with Gasteiger partial charge >= 0.3 is 0 Å². The van der Waals surface area contributed by atoms with Crippen LogP contribution in [0.1, 0.15) is 55.6 Å². The lowest BCUT2D eigenvalue weighted by atomic mass is 9.74. The van der Waals surface area contributed by atoms with E-state index >= 15 is 0 Å². The molecule has 0 amide bonds. The Bertz CT molecular complexity index is 1130. The highest BCUT2D eigenvalue weighted by Crippen LogP contribution is 2.42. The molecule has 34 heavy (non-hydrogen) atoms. The lowest BCUT2D eigenvalue weighted by Crippen LogP contribution is -2.67. The van der Waals surface area contributed by atoms with Gasteiger partial charge in [-0.2, -0.15) is 4.31 Å². The minimum absolute atomic E-state index is 0.0276. The van der Waals surface area contributed by atoms with Crippen LogP contribution in [0.4, 0.5) is 0 Å². The molecule has 0 radical (unpaired) electrons. The van der Waals surface area contributed by atoms with Crippen molar-refractivity contribution < 1.29 is 13.5 Å². The zero-order valence-electron chi connectivity index (χ0n) is 19.6. The first-order valence-corrected chi connectivity index (χ1v) is 14.1. The third kappa shape index (κ3) is 4.67. The number of aliphatic hydroxyl groups is 1. The van der Waals surface area contributed by atoms with Crippen molar-refractivity contribution in [3.05, 3.63) is 65.7 Å². The van der Waals surface area contributed by atoms with E-state index in [4.69, 9.17) is 0 Å². The second-order valence-corrected chi connectivity index (χ2v) is 11.8. The molecular weight excluding hydrogens is 444 g/mol. The van der Waals surface area contributed by atoms with Gasteiger partial charge in [0.1, 0.15) is 0 Å². The molecule has 3 aliphatic rings. The summed E-state index contributed by atoms with van der Waals surface area (Å²) < 4.78 is 28.4. The molecular formula is C28H34N2O3S. The fraction of sp³-hybridized carbons (Fsp3) is 0.500. The number of hydrogen-bond acceptors (Lipinski definition) is 4. The van der Waals surface area contributed by atoms with Crippen LogP contribution in [0.5, 0.6) is 0 Å². The lowest BCUT2D eigenvalue weighted by Gasteiger charge is -2.57. The van der Waals surface area contributed by atoms with Crippen molar-refractivity contribution in [1.82, 2.24) is 9.21 Å². The molecule has 0 aromatic heterocycles. The molecule has 180 valence electrons. The van der Waals surface area contributed by atoms with Crippen LogP contribution >= 0.6 is 0 Å². The number of sulfonamides is 1. The monoisotopic (exact) mass is 478 g/mol. The third-order valence-electron chi connectivity index (χ3n) is 7.78. The van der Waals surface area contributed by atoms with Crippen LogP contribution < -0.4 is 0 Å². The summed E-state index contributed by atoms with van der Waals surface area (Å²) in [6, 6.07) is 17.2. The summed E-state index contributed by atoms with van der Waals surface area (Å²) in [5, 5.41) is 10.2. The summed E-state index contributed by atoms with van der Waals surface area (Å²) in [6.07, 6.45) is 6.76. The maximum atomic E-state index is 13.4. The summed E-state index contributed by atoms with van der Waals surface area (Å²) >= 11 is 0. The smallest absolute Gasteiger partial charge is 0.243 e. The molecule has 3 fully saturated rings. The van der Waals surface area contributed by atoms with Gasteiger partial charge in [0.15, 0.2) is 0 Å². The predicted octanol–water partition coefficient (Wildman–Crippen LogP) is 3.84. The van der Waals surface area contributed by atoms with Crippen LogP contribution in [0.3, 0.4) is 0 Å². The molecule has 2 aliphatic heterocycles. The Kier molecular flexibility index (Phi) is 7.08.